The second-order valence-electron chi connectivity index (χ2n) is 6.56. The first kappa shape index (κ1) is 17.1. The molecule has 1 N–H and O–H groups in total. The van der Waals surface area contributed by atoms with Crippen LogP contribution < -0.4 is 15.7 Å². The fraction of sp³-hybridized carbons (Fsp3) is 0.0952. The number of aromatic nitrogens is 3. The summed E-state index contributed by atoms with van der Waals surface area (Å²) in [6, 6.07) is 16.4. The Bertz CT molecular complexity index is 1440. The molecule has 144 valence electrons. The molecule has 8 heteroatoms. The number of amides is 1. The number of hydrogen-bond acceptors (Lipinski definition) is 5. The lowest BCUT2D eigenvalue weighted by Gasteiger charge is -2.10. The first-order chi connectivity index (χ1) is 14.1. The van der Waals surface area contributed by atoms with Gasteiger partial charge in [0.1, 0.15) is 23.5 Å². The van der Waals surface area contributed by atoms with Crippen molar-refractivity contribution >= 4 is 39.2 Å². The van der Waals surface area contributed by atoms with Gasteiger partial charge in [-0.2, -0.15) is 0 Å². The van der Waals surface area contributed by atoms with E-state index in [-0.39, 0.29) is 12.2 Å². The molecule has 2 aromatic carbocycles. The normalized spacial score (nSPS) is 11.3. The minimum atomic E-state index is -0.399. The first-order valence-corrected chi connectivity index (χ1v) is 8.97. The number of methoxy groups -OCH3 is 1. The largest absolute Gasteiger partial charge is 0.495 e. The average molecular weight is 388 g/mol. The number of nitrogens with zero attached hydrogens (tertiary/aromatic N) is 3. The fourth-order valence-corrected chi connectivity index (χ4v) is 3.41. The van der Waals surface area contributed by atoms with Crippen LogP contribution in [0.3, 0.4) is 0 Å². The summed E-state index contributed by atoms with van der Waals surface area (Å²) in [6.07, 6.45) is 1.61. The number of para-hydroxylation sites is 1. The molecule has 0 aliphatic rings. The summed E-state index contributed by atoms with van der Waals surface area (Å²) in [4.78, 5) is 24.9. The van der Waals surface area contributed by atoms with Crippen molar-refractivity contribution in [2.45, 2.75) is 6.54 Å². The number of fused-ring (bicyclic) bond motifs is 4. The monoisotopic (exact) mass is 388 g/mol. The summed E-state index contributed by atoms with van der Waals surface area (Å²) >= 11 is 0. The highest BCUT2D eigenvalue weighted by atomic mass is 16.5. The molecular formula is C21H16N4O4. The number of pyridine rings is 1. The topological polar surface area (TPSA) is 90.8 Å². The number of furan rings is 1. The van der Waals surface area contributed by atoms with Gasteiger partial charge < -0.3 is 14.5 Å². The van der Waals surface area contributed by atoms with Gasteiger partial charge in [-0.15, -0.1) is 5.10 Å². The minimum Gasteiger partial charge on any atom is -0.495 e. The van der Waals surface area contributed by atoms with Crippen molar-refractivity contribution < 1.29 is 13.9 Å². The number of rotatable bonds is 4. The lowest BCUT2D eigenvalue weighted by atomic mass is 10.1. The number of carbonyl (C=O) groups excluding carboxylic acids is 1. The van der Waals surface area contributed by atoms with E-state index in [1.165, 1.54) is 11.5 Å². The summed E-state index contributed by atoms with van der Waals surface area (Å²) in [7, 11) is 1.53. The van der Waals surface area contributed by atoms with E-state index in [9.17, 15) is 9.59 Å². The third-order valence-corrected chi connectivity index (χ3v) is 4.75. The number of anilines is 1. The fourth-order valence-electron chi connectivity index (χ4n) is 3.41. The Morgan fingerprint density at radius 1 is 1.10 bits per heavy atom. The van der Waals surface area contributed by atoms with E-state index in [1.54, 1.807) is 30.5 Å². The molecule has 3 aromatic heterocycles. The summed E-state index contributed by atoms with van der Waals surface area (Å²) in [5.41, 5.74) is 1.94. The molecule has 0 aliphatic heterocycles. The van der Waals surface area contributed by atoms with E-state index in [2.05, 4.69) is 10.4 Å². The van der Waals surface area contributed by atoms with Gasteiger partial charge in [-0.3, -0.25) is 9.20 Å². The molecule has 0 fully saturated rings. The molecular weight excluding hydrogens is 372 g/mol. The number of nitrogens with one attached hydrogen (secondary N) is 1. The lowest BCUT2D eigenvalue weighted by molar-refractivity contribution is -0.117. The molecule has 0 bridgehead atoms. The van der Waals surface area contributed by atoms with Crippen molar-refractivity contribution in [2.24, 2.45) is 0 Å². The van der Waals surface area contributed by atoms with Crippen LogP contribution in [0, 0.1) is 0 Å². The summed E-state index contributed by atoms with van der Waals surface area (Å²) in [5.74, 6) is 0.101. The van der Waals surface area contributed by atoms with Gasteiger partial charge in [0.15, 0.2) is 5.65 Å². The lowest BCUT2D eigenvalue weighted by Crippen LogP contribution is -2.28. The zero-order chi connectivity index (χ0) is 20.0. The molecule has 0 saturated carbocycles. The standard InChI is InChI=1S/C21H16N4O4/c1-28-18-10-14-13-6-2-3-7-16(13)29-17(14)11-15(18)22-20(26)12-25-21(27)24-9-5-4-8-19(24)23-25/h2-11H,12H2,1H3,(H,22,26). The zero-order valence-electron chi connectivity index (χ0n) is 15.5. The highest BCUT2D eigenvalue weighted by molar-refractivity contribution is 6.07. The molecule has 0 saturated heterocycles. The Morgan fingerprint density at radius 3 is 2.76 bits per heavy atom. The van der Waals surface area contributed by atoms with Crippen LogP contribution >= 0.6 is 0 Å². The van der Waals surface area contributed by atoms with E-state index < -0.39 is 5.91 Å². The minimum absolute atomic E-state index is 0.220. The first-order valence-electron chi connectivity index (χ1n) is 8.97. The molecule has 0 unspecified atom stereocenters. The smallest absolute Gasteiger partial charge is 0.350 e. The molecule has 0 atom stereocenters. The highest BCUT2D eigenvalue weighted by Gasteiger charge is 2.16. The Balaban J connectivity index is 1.48. The van der Waals surface area contributed by atoms with Crippen LogP contribution in [0.1, 0.15) is 0 Å². The number of ether oxygens (including phenoxy) is 1. The Morgan fingerprint density at radius 2 is 1.93 bits per heavy atom. The second-order valence-corrected chi connectivity index (χ2v) is 6.56. The van der Waals surface area contributed by atoms with Crippen LogP contribution in [0.4, 0.5) is 5.69 Å². The van der Waals surface area contributed by atoms with Gasteiger partial charge >= 0.3 is 5.69 Å². The Hall–Kier alpha value is -4.07. The molecule has 0 spiro atoms. The van der Waals surface area contributed by atoms with Crippen LogP contribution in [0.5, 0.6) is 5.75 Å². The third kappa shape index (κ3) is 2.82. The second kappa shape index (κ2) is 6.52. The van der Waals surface area contributed by atoms with Crippen molar-refractivity contribution in [2.75, 3.05) is 12.4 Å². The highest BCUT2D eigenvalue weighted by Crippen LogP contribution is 2.36. The van der Waals surface area contributed by atoms with Gasteiger partial charge in [0.05, 0.1) is 12.8 Å². The number of hydrogen-bond donors (Lipinski definition) is 1. The van der Waals surface area contributed by atoms with E-state index in [0.29, 0.717) is 22.7 Å². The van der Waals surface area contributed by atoms with E-state index >= 15 is 0 Å². The Labute approximate surface area is 163 Å². The molecule has 0 radical (unpaired) electrons. The summed E-state index contributed by atoms with van der Waals surface area (Å²) in [6.45, 7) is -0.220. The van der Waals surface area contributed by atoms with Crippen LogP contribution in [0.15, 0.2) is 70.0 Å². The van der Waals surface area contributed by atoms with Gasteiger partial charge in [-0.25, -0.2) is 9.48 Å². The van der Waals surface area contributed by atoms with Crippen LogP contribution in [-0.4, -0.2) is 27.2 Å². The van der Waals surface area contributed by atoms with Crippen LogP contribution in [0.25, 0.3) is 27.6 Å². The van der Waals surface area contributed by atoms with Gasteiger partial charge in [-0.1, -0.05) is 24.3 Å². The molecule has 3 heterocycles. The van der Waals surface area contributed by atoms with Crippen LogP contribution in [0.2, 0.25) is 0 Å². The predicted molar refractivity (Wildman–Crippen MR) is 108 cm³/mol. The molecule has 8 nitrogen and oxygen atoms in total. The quantitative estimate of drug-likeness (QED) is 0.511. The van der Waals surface area contributed by atoms with Crippen LogP contribution in [-0.2, 0) is 11.3 Å². The van der Waals surface area contributed by atoms with E-state index in [0.717, 1.165) is 21.0 Å². The van der Waals surface area contributed by atoms with Crippen molar-refractivity contribution in [3.63, 3.8) is 0 Å². The maximum atomic E-state index is 12.6. The maximum Gasteiger partial charge on any atom is 0.350 e. The zero-order valence-corrected chi connectivity index (χ0v) is 15.5. The van der Waals surface area contributed by atoms with Crippen molar-refractivity contribution in [3.05, 3.63) is 71.3 Å². The average Bonchev–Trinajstić information content (AvgIpc) is 3.24. The molecule has 5 aromatic rings. The molecule has 5 rings (SSSR count). The molecule has 29 heavy (non-hydrogen) atoms. The SMILES string of the molecule is COc1cc2c(cc1NC(=O)Cn1nc3ccccn3c1=O)oc1ccccc12. The van der Waals surface area contributed by atoms with Crippen molar-refractivity contribution in [1.82, 2.24) is 14.2 Å². The third-order valence-electron chi connectivity index (χ3n) is 4.75. The molecule has 1 amide bonds. The number of carbonyl (C=O) groups is 1. The number of benzene rings is 2. The van der Waals surface area contributed by atoms with Gasteiger partial charge in [0.2, 0.25) is 5.91 Å². The van der Waals surface area contributed by atoms with Gasteiger partial charge in [-0.05, 0) is 24.3 Å². The molecule has 0 aliphatic carbocycles. The van der Waals surface area contributed by atoms with Gasteiger partial charge in [0.25, 0.3) is 0 Å². The Kier molecular flexibility index (Phi) is 3.83. The summed E-state index contributed by atoms with van der Waals surface area (Å²) in [5, 5.41) is 8.82. The van der Waals surface area contributed by atoms with Crippen molar-refractivity contribution in [1.29, 1.82) is 0 Å². The maximum absolute atomic E-state index is 12.6. The van der Waals surface area contributed by atoms with E-state index in [1.807, 2.05) is 30.3 Å². The van der Waals surface area contributed by atoms with Crippen molar-refractivity contribution in [3.8, 4) is 5.75 Å². The van der Waals surface area contributed by atoms with Gasteiger partial charge in [0, 0.05) is 23.0 Å². The van der Waals surface area contributed by atoms with E-state index in [4.69, 9.17) is 9.15 Å². The predicted octanol–water partition coefficient (Wildman–Crippen LogP) is 3.04. The summed E-state index contributed by atoms with van der Waals surface area (Å²) < 4.78 is 13.8.